The monoisotopic (exact) mass is 742 g/mol. The molecule has 20 heteroatoms. The van der Waals surface area contributed by atoms with E-state index < -0.39 is 89.5 Å². The van der Waals surface area contributed by atoms with E-state index in [1.54, 1.807) is 0 Å². The number of likely N-dealkylation sites (tertiary alicyclic amines) is 1. The molecule has 0 aliphatic carbocycles. The maximum absolute atomic E-state index is 13.7. The minimum absolute atomic E-state index is 0.0394. The first kappa shape index (κ1) is 42.1. The van der Waals surface area contributed by atoms with E-state index in [0.717, 1.165) is 0 Å². The average Bonchev–Trinajstić information content (AvgIpc) is 3.58. The van der Waals surface area contributed by atoms with Crippen molar-refractivity contribution in [2.45, 2.75) is 80.0 Å². The number of aromatic hydroxyl groups is 1. The molecular formula is C30H46N8O10S2. The molecule has 1 saturated heterocycles. The number of hydrogen-bond acceptors (Lipinski definition) is 13. The van der Waals surface area contributed by atoms with Crippen LogP contribution in [0, 0.1) is 0 Å². The van der Waals surface area contributed by atoms with Gasteiger partial charge in [0.25, 0.3) is 0 Å². The molecule has 1 aromatic rings. The minimum Gasteiger partial charge on any atom is -0.508 e. The number of carboxylic acid groups (broad SMARTS) is 1. The van der Waals surface area contributed by atoms with Crippen LogP contribution in [0.3, 0.4) is 0 Å². The van der Waals surface area contributed by atoms with E-state index in [2.05, 4.69) is 46.5 Å². The number of carbonyl (C=O) groups is 7. The summed E-state index contributed by atoms with van der Waals surface area (Å²) in [6.07, 6.45) is 1.60. The number of thiol groups is 2. The number of hydrogen-bond donors (Lipinski definition) is 12. The van der Waals surface area contributed by atoms with Crippen molar-refractivity contribution in [1.82, 2.24) is 26.2 Å². The van der Waals surface area contributed by atoms with Gasteiger partial charge in [-0.2, -0.15) is 25.3 Å². The van der Waals surface area contributed by atoms with Crippen LogP contribution in [0.5, 0.6) is 5.75 Å². The van der Waals surface area contributed by atoms with Crippen LogP contribution >= 0.6 is 25.3 Å². The number of rotatable bonds is 20. The van der Waals surface area contributed by atoms with Gasteiger partial charge in [0.1, 0.15) is 47.3 Å². The molecule has 13 N–H and O–H groups in total. The first-order valence-electron chi connectivity index (χ1n) is 15.8. The summed E-state index contributed by atoms with van der Waals surface area (Å²) in [5.41, 5.74) is 17.1. The fourth-order valence-electron chi connectivity index (χ4n) is 5.11. The fraction of sp³-hybridized carbons (Fsp3) is 0.567. The molecule has 0 saturated carbocycles. The zero-order valence-corrected chi connectivity index (χ0v) is 29.0. The van der Waals surface area contributed by atoms with Gasteiger partial charge in [0, 0.05) is 18.7 Å². The molecule has 1 aromatic carbocycles. The smallest absolute Gasteiger partial charge is 0.318 e. The van der Waals surface area contributed by atoms with E-state index in [9.17, 15) is 48.9 Å². The second kappa shape index (κ2) is 20.5. The molecule has 0 unspecified atom stereocenters. The lowest BCUT2D eigenvalue weighted by Gasteiger charge is -2.30. The Morgan fingerprint density at radius 1 is 0.900 bits per heavy atom. The number of unbranched alkanes of at least 4 members (excludes halogenated alkanes) is 1. The Morgan fingerprint density at radius 3 is 2.06 bits per heavy atom. The Bertz CT molecular complexity index is 1370. The SMILES string of the molecule is NCCCC[C@H](NC(=O)[C@@H](N)[C@@H](S)C(=O)O)C(=O)N1CCC[C@H]1C(=O)N[C@@H](CS)C(=O)N[C@@H](Cc1ccc(O)cc1)C(=O)N[C@@H](CO)C(N)=O. The molecule has 278 valence electrons. The Hall–Kier alpha value is -4.11. The van der Waals surface area contributed by atoms with Gasteiger partial charge < -0.3 is 58.7 Å². The maximum atomic E-state index is 13.7. The summed E-state index contributed by atoms with van der Waals surface area (Å²) < 4.78 is 0. The highest BCUT2D eigenvalue weighted by atomic mass is 32.1. The summed E-state index contributed by atoms with van der Waals surface area (Å²) in [6.45, 7) is -0.330. The highest BCUT2D eigenvalue weighted by Crippen LogP contribution is 2.21. The Kier molecular flexibility index (Phi) is 17.3. The summed E-state index contributed by atoms with van der Waals surface area (Å²) >= 11 is 8.03. The van der Waals surface area contributed by atoms with E-state index in [0.29, 0.717) is 31.4 Å². The van der Waals surface area contributed by atoms with Crippen LogP contribution in [0.2, 0.25) is 0 Å². The average molecular weight is 743 g/mol. The number of phenols is 1. The van der Waals surface area contributed by atoms with Gasteiger partial charge in [0.15, 0.2) is 0 Å². The minimum atomic E-state index is -1.57. The van der Waals surface area contributed by atoms with E-state index in [-0.39, 0.29) is 37.3 Å². The highest BCUT2D eigenvalue weighted by Gasteiger charge is 2.40. The van der Waals surface area contributed by atoms with Crippen LogP contribution in [0.15, 0.2) is 24.3 Å². The molecule has 1 heterocycles. The number of nitrogens with two attached hydrogens (primary N) is 3. The van der Waals surface area contributed by atoms with Gasteiger partial charge in [0.05, 0.1) is 6.61 Å². The maximum Gasteiger partial charge on any atom is 0.318 e. The van der Waals surface area contributed by atoms with Crippen molar-refractivity contribution in [2.24, 2.45) is 17.2 Å². The van der Waals surface area contributed by atoms with E-state index in [1.165, 1.54) is 29.2 Å². The van der Waals surface area contributed by atoms with Gasteiger partial charge in [-0.25, -0.2) is 0 Å². The summed E-state index contributed by atoms with van der Waals surface area (Å²) in [5.74, 6) is -6.63. The number of aliphatic hydroxyl groups is 1. The number of primary amides is 1. The number of aliphatic hydroxyl groups excluding tert-OH is 1. The van der Waals surface area contributed by atoms with Gasteiger partial charge in [0.2, 0.25) is 35.4 Å². The van der Waals surface area contributed by atoms with Crippen LogP contribution in [-0.4, -0.2) is 129 Å². The fourth-order valence-corrected chi connectivity index (χ4v) is 5.50. The van der Waals surface area contributed by atoms with Crippen LogP contribution in [0.25, 0.3) is 0 Å². The van der Waals surface area contributed by atoms with Gasteiger partial charge in [-0.05, 0) is 56.3 Å². The lowest BCUT2D eigenvalue weighted by molar-refractivity contribution is -0.143. The third kappa shape index (κ3) is 12.3. The Labute approximate surface area is 299 Å². The zero-order chi connectivity index (χ0) is 37.5. The van der Waals surface area contributed by atoms with Gasteiger partial charge in [-0.1, -0.05) is 12.1 Å². The molecule has 2 rings (SSSR count). The van der Waals surface area contributed by atoms with Gasteiger partial charge in [-0.3, -0.25) is 33.6 Å². The molecule has 1 fully saturated rings. The van der Waals surface area contributed by atoms with Gasteiger partial charge in [-0.15, -0.1) is 0 Å². The molecule has 18 nitrogen and oxygen atoms in total. The number of carboxylic acids is 1. The van der Waals surface area contributed by atoms with Crippen LogP contribution in [0.4, 0.5) is 0 Å². The molecule has 0 aromatic heterocycles. The van der Waals surface area contributed by atoms with Crippen molar-refractivity contribution >= 4 is 66.7 Å². The molecule has 0 bridgehead atoms. The van der Waals surface area contributed by atoms with Crippen LogP contribution in [-0.2, 0) is 40.0 Å². The molecule has 0 spiro atoms. The summed E-state index contributed by atoms with van der Waals surface area (Å²) in [4.78, 5) is 90.6. The lowest BCUT2D eigenvalue weighted by atomic mass is 10.0. The first-order valence-corrected chi connectivity index (χ1v) is 17.0. The van der Waals surface area contributed by atoms with E-state index >= 15 is 0 Å². The highest BCUT2D eigenvalue weighted by molar-refractivity contribution is 7.81. The number of phenolic OH excluding ortho intramolecular Hbond substituents is 1. The van der Waals surface area contributed by atoms with E-state index in [1.807, 2.05) is 0 Å². The number of aliphatic carboxylic acids is 1. The Morgan fingerprint density at radius 2 is 1.50 bits per heavy atom. The van der Waals surface area contributed by atoms with Crippen LogP contribution < -0.4 is 38.5 Å². The summed E-state index contributed by atoms with van der Waals surface area (Å²) in [6, 6.07) is -2.10. The standard InChI is InChI=1S/C30H46N8O10S2/c31-10-2-1-4-17(34-28(45)22(32)23(50)30(47)48)29(46)38-11-3-5-21(38)27(44)37-20(14-49)26(43)35-18(12-15-6-8-16(40)9-7-15)25(42)36-19(13-39)24(33)41/h6-9,17-23,39-40,49-50H,1-5,10-14,31-32H2,(H2,33,41)(H,34,45)(H,35,43)(H,36,42)(H,37,44)(H,47,48)/t17-,18-,19-,20-,21-,22-,23+/m0/s1. The van der Waals surface area contributed by atoms with Crippen molar-refractivity contribution < 1.29 is 48.9 Å². The number of nitrogens with zero attached hydrogens (tertiary/aromatic N) is 1. The largest absolute Gasteiger partial charge is 0.508 e. The molecule has 0 radical (unpaired) electrons. The van der Waals surface area contributed by atoms with E-state index in [4.69, 9.17) is 17.2 Å². The quantitative estimate of drug-likeness (QED) is 0.0451. The first-order chi connectivity index (χ1) is 23.6. The predicted octanol–water partition coefficient (Wildman–Crippen LogP) is -3.89. The molecule has 6 amide bonds. The second-order valence-corrected chi connectivity index (χ2v) is 12.6. The predicted molar refractivity (Wildman–Crippen MR) is 186 cm³/mol. The van der Waals surface area contributed by atoms with Crippen molar-refractivity contribution in [2.75, 3.05) is 25.4 Å². The number of amides is 6. The lowest BCUT2D eigenvalue weighted by Crippen LogP contribution is -2.60. The molecule has 1 aliphatic rings. The topological polar surface area (TPSA) is 310 Å². The van der Waals surface area contributed by atoms with Crippen molar-refractivity contribution in [3.63, 3.8) is 0 Å². The molecule has 50 heavy (non-hydrogen) atoms. The number of nitrogens with one attached hydrogen (secondary N) is 4. The second-order valence-electron chi connectivity index (χ2n) is 11.7. The molecular weight excluding hydrogens is 697 g/mol. The third-order valence-electron chi connectivity index (χ3n) is 7.96. The molecule has 7 atom stereocenters. The van der Waals surface area contributed by atoms with Crippen molar-refractivity contribution in [1.29, 1.82) is 0 Å². The zero-order valence-electron chi connectivity index (χ0n) is 27.2. The summed E-state index contributed by atoms with van der Waals surface area (Å²) in [7, 11) is 0. The van der Waals surface area contributed by atoms with Gasteiger partial charge >= 0.3 is 5.97 Å². The number of carbonyl (C=O) groups excluding carboxylic acids is 6. The normalized spacial score (nSPS) is 17.7. The van der Waals surface area contributed by atoms with Crippen LogP contribution in [0.1, 0.15) is 37.7 Å². The number of benzene rings is 1. The summed E-state index contributed by atoms with van der Waals surface area (Å²) in [5, 5.41) is 36.5. The van der Waals surface area contributed by atoms with Crippen molar-refractivity contribution in [3.8, 4) is 5.75 Å². The third-order valence-corrected chi connectivity index (χ3v) is 8.87. The van der Waals surface area contributed by atoms with Crippen molar-refractivity contribution in [3.05, 3.63) is 29.8 Å². The molecule has 1 aliphatic heterocycles. The Balaban J connectivity index is 2.22.